The Bertz CT molecular complexity index is 405. The van der Waals surface area contributed by atoms with Crippen LogP contribution in [-0.4, -0.2) is 25.2 Å². The maximum Gasteiger partial charge on any atom is 0.405 e. The van der Waals surface area contributed by atoms with Crippen LogP contribution in [0.2, 0.25) is 0 Å². The van der Waals surface area contributed by atoms with Crippen LogP contribution in [0.3, 0.4) is 0 Å². The molecule has 6 heteroatoms. The van der Waals surface area contributed by atoms with Crippen molar-refractivity contribution in [2.24, 2.45) is 0 Å². The van der Waals surface area contributed by atoms with E-state index in [9.17, 15) is 18.0 Å². The molecule has 0 aliphatic carbocycles. The highest BCUT2D eigenvalue weighted by Crippen LogP contribution is 2.16. The molecule has 0 aliphatic heterocycles. The van der Waals surface area contributed by atoms with Gasteiger partial charge >= 0.3 is 6.18 Å². The third-order valence-corrected chi connectivity index (χ3v) is 2.19. The van der Waals surface area contributed by atoms with Crippen LogP contribution in [0.1, 0.15) is 23.7 Å². The second-order valence-electron chi connectivity index (χ2n) is 3.77. The number of para-hydroxylation sites is 1. The number of anilines is 1. The summed E-state index contributed by atoms with van der Waals surface area (Å²) in [6, 6.07) is 6.49. The highest BCUT2D eigenvalue weighted by atomic mass is 19.4. The molecule has 0 unspecified atom stereocenters. The summed E-state index contributed by atoms with van der Waals surface area (Å²) in [6.07, 6.45) is -3.54. The lowest BCUT2D eigenvalue weighted by Gasteiger charge is -2.12. The van der Waals surface area contributed by atoms with Gasteiger partial charge < -0.3 is 10.6 Å². The van der Waals surface area contributed by atoms with E-state index in [0.717, 1.165) is 6.42 Å². The lowest BCUT2D eigenvalue weighted by Crippen LogP contribution is -2.34. The van der Waals surface area contributed by atoms with E-state index in [1.54, 1.807) is 18.2 Å². The van der Waals surface area contributed by atoms with Crippen LogP contribution in [0.25, 0.3) is 0 Å². The largest absolute Gasteiger partial charge is 0.405 e. The van der Waals surface area contributed by atoms with Gasteiger partial charge in [-0.25, -0.2) is 0 Å². The number of hydrogen-bond acceptors (Lipinski definition) is 2. The summed E-state index contributed by atoms with van der Waals surface area (Å²) < 4.78 is 36.0. The minimum atomic E-state index is -4.40. The molecule has 0 aliphatic rings. The fourth-order valence-corrected chi connectivity index (χ4v) is 1.37. The monoisotopic (exact) mass is 260 g/mol. The number of hydrogen-bond donors (Lipinski definition) is 2. The van der Waals surface area contributed by atoms with Crippen LogP contribution in [0.15, 0.2) is 24.3 Å². The molecule has 0 bridgehead atoms. The second-order valence-corrected chi connectivity index (χ2v) is 3.77. The van der Waals surface area contributed by atoms with Crippen LogP contribution in [-0.2, 0) is 0 Å². The summed E-state index contributed by atoms with van der Waals surface area (Å²) in [7, 11) is 0. The molecule has 0 heterocycles. The molecule has 3 nitrogen and oxygen atoms in total. The molecule has 0 fully saturated rings. The van der Waals surface area contributed by atoms with Gasteiger partial charge in [0.25, 0.3) is 5.91 Å². The molecular formula is C12H15F3N2O. The van der Waals surface area contributed by atoms with E-state index >= 15 is 0 Å². The number of carbonyl (C=O) groups excluding carboxylic acids is 1. The van der Waals surface area contributed by atoms with Crippen molar-refractivity contribution in [3.8, 4) is 0 Å². The van der Waals surface area contributed by atoms with E-state index in [0.29, 0.717) is 12.2 Å². The number of rotatable bonds is 5. The fourth-order valence-electron chi connectivity index (χ4n) is 1.37. The SMILES string of the molecule is CCCNc1ccccc1C(=O)NCC(F)(F)F. The molecule has 0 saturated carbocycles. The molecule has 18 heavy (non-hydrogen) atoms. The minimum absolute atomic E-state index is 0.218. The zero-order chi connectivity index (χ0) is 13.6. The first-order valence-corrected chi connectivity index (χ1v) is 5.62. The lowest BCUT2D eigenvalue weighted by atomic mass is 10.1. The molecule has 1 amide bonds. The first-order chi connectivity index (χ1) is 8.44. The predicted molar refractivity (Wildman–Crippen MR) is 63.6 cm³/mol. The highest BCUT2D eigenvalue weighted by Gasteiger charge is 2.28. The number of halogens is 3. The topological polar surface area (TPSA) is 41.1 Å². The predicted octanol–water partition coefficient (Wildman–Crippen LogP) is 2.80. The van der Waals surface area contributed by atoms with Crippen molar-refractivity contribution >= 4 is 11.6 Å². The van der Waals surface area contributed by atoms with Crippen molar-refractivity contribution in [1.29, 1.82) is 0 Å². The van der Waals surface area contributed by atoms with E-state index in [1.807, 2.05) is 12.2 Å². The minimum Gasteiger partial charge on any atom is -0.384 e. The van der Waals surface area contributed by atoms with Crippen molar-refractivity contribution in [3.05, 3.63) is 29.8 Å². The summed E-state index contributed by atoms with van der Waals surface area (Å²) in [4.78, 5) is 11.6. The molecule has 1 rings (SSSR count). The Morgan fingerprint density at radius 1 is 1.28 bits per heavy atom. The summed E-state index contributed by atoms with van der Waals surface area (Å²) >= 11 is 0. The molecule has 0 saturated heterocycles. The molecule has 2 N–H and O–H groups in total. The van der Waals surface area contributed by atoms with Gasteiger partial charge in [0.1, 0.15) is 6.54 Å². The number of benzene rings is 1. The summed E-state index contributed by atoms with van der Waals surface area (Å²) in [5.74, 6) is -0.730. The zero-order valence-electron chi connectivity index (χ0n) is 9.97. The van der Waals surface area contributed by atoms with Gasteiger partial charge in [-0.05, 0) is 18.6 Å². The molecule has 0 atom stereocenters. The highest BCUT2D eigenvalue weighted by molar-refractivity contribution is 5.99. The number of carbonyl (C=O) groups is 1. The molecule has 0 radical (unpaired) electrons. The van der Waals surface area contributed by atoms with E-state index < -0.39 is 18.6 Å². The standard InChI is InChI=1S/C12H15F3N2O/c1-2-7-16-10-6-4-3-5-9(10)11(18)17-8-12(13,14)15/h3-6,16H,2,7-8H2,1H3,(H,17,18). The molecule has 100 valence electrons. The van der Waals surface area contributed by atoms with Gasteiger partial charge in [0, 0.05) is 12.2 Å². The van der Waals surface area contributed by atoms with E-state index in [-0.39, 0.29) is 5.56 Å². The molecule has 0 aromatic heterocycles. The van der Waals surface area contributed by atoms with Crippen LogP contribution < -0.4 is 10.6 Å². The van der Waals surface area contributed by atoms with Crippen molar-refractivity contribution in [2.45, 2.75) is 19.5 Å². The van der Waals surface area contributed by atoms with Gasteiger partial charge in [-0.3, -0.25) is 4.79 Å². The lowest BCUT2D eigenvalue weighted by molar-refractivity contribution is -0.123. The third-order valence-electron chi connectivity index (χ3n) is 2.19. The quantitative estimate of drug-likeness (QED) is 0.854. The first kappa shape index (κ1) is 14.3. The smallest absolute Gasteiger partial charge is 0.384 e. The third kappa shape index (κ3) is 4.65. The molecular weight excluding hydrogens is 245 g/mol. The first-order valence-electron chi connectivity index (χ1n) is 5.62. The van der Waals surface area contributed by atoms with E-state index in [4.69, 9.17) is 0 Å². The van der Waals surface area contributed by atoms with Crippen molar-refractivity contribution in [1.82, 2.24) is 5.32 Å². The number of alkyl halides is 3. The number of nitrogens with one attached hydrogen (secondary N) is 2. The van der Waals surface area contributed by atoms with Gasteiger partial charge in [-0.1, -0.05) is 19.1 Å². The normalized spacial score (nSPS) is 11.1. The van der Waals surface area contributed by atoms with E-state index in [1.165, 1.54) is 6.07 Å². The Morgan fingerprint density at radius 3 is 2.56 bits per heavy atom. The van der Waals surface area contributed by atoms with Gasteiger partial charge in [0.05, 0.1) is 5.56 Å². The van der Waals surface area contributed by atoms with Crippen LogP contribution in [0, 0.1) is 0 Å². The van der Waals surface area contributed by atoms with Crippen molar-refractivity contribution < 1.29 is 18.0 Å². The van der Waals surface area contributed by atoms with Gasteiger partial charge in [-0.2, -0.15) is 13.2 Å². The van der Waals surface area contributed by atoms with Crippen LogP contribution >= 0.6 is 0 Å². The molecule has 1 aromatic rings. The van der Waals surface area contributed by atoms with Gasteiger partial charge in [0.15, 0.2) is 0 Å². The summed E-state index contributed by atoms with van der Waals surface area (Å²) in [5.41, 5.74) is 0.759. The van der Waals surface area contributed by atoms with Crippen LogP contribution in [0.4, 0.5) is 18.9 Å². The van der Waals surface area contributed by atoms with Gasteiger partial charge in [-0.15, -0.1) is 0 Å². The summed E-state index contributed by atoms with van der Waals surface area (Å²) in [5, 5.41) is 4.85. The zero-order valence-corrected chi connectivity index (χ0v) is 9.97. The Hall–Kier alpha value is -1.72. The Morgan fingerprint density at radius 2 is 1.94 bits per heavy atom. The van der Waals surface area contributed by atoms with Gasteiger partial charge in [0.2, 0.25) is 0 Å². The second kappa shape index (κ2) is 6.28. The molecule has 0 spiro atoms. The summed E-state index contributed by atoms with van der Waals surface area (Å²) in [6.45, 7) is 1.29. The Balaban J connectivity index is 2.72. The average Bonchev–Trinajstić information content (AvgIpc) is 2.33. The van der Waals surface area contributed by atoms with Crippen LogP contribution in [0.5, 0.6) is 0 Å². The fraction of sp³-hybridized carbons (Fsp3) is 0.417. The maximum atomic E-state index is 12.0. The number of amides is 1. The van der Waals surface area contributed by atoms with Crippen molar-refractivity contribution in [2.75, 3.05) is 18.4 Å². The average molecular weight is 260 g/mol. The molecule has 1 aromatic carbocycles. The Labute approximate surface area is 103 Å². The maximum absolute atomic E-state index is 12.0. The van der Waals surface area contributed by atoms with Crippen molar-refractivity contribution in [3.63, 3.8) is 0 Å². The Kier molecular flexibility index (Phi) is 5.00. The van der Waals surface area contributed by atoms with E-state index in [2.05, 4.69) is 5.32 Å².